The van der Waals surface area contributed by atoms with E-state index in [0.29, 0.717) is 6.61 Å². The molecular weight excluding hydrogens is 270 g/mol. The van der Waals surface area contributed by atoms with Crippen LogP contribution >= 0.6 is 11.3 Å². The van der Waals surface area contributed by atoms with Gasteiger partial charge < -0.3 is 9.84 Å². The van der Waals surface area contributed by atoms with Crippen molar-refractivity contribution in [3.8, 4) is 22.1 Å². The second-order valence-corrected chi connectivity index (χ2v) is 5.61. The zero-order valence-corrected chi connectivity index (χ0v) is 12.2. The number of hydrogen-bond acceptors (Lipinski definition) is 4. The Bertz CT molecular complexity index is 764. The number of fused-ring (bicyclic) bond motifs is 1. The average Bonchev–Trinajstić information content (AvgIpc) is 2.81. The number of ether oxygens (including phenoxy) is 1. The molecule has 1 N–H and O–H groups in total. The van der Waals surface area contributed by atoms with Crippen LogP contribution in [0.3, 0.4) is 0 Å². The maximum Gasteiger partial charge on any atom is 0.124 e. The van der Waals surface area contributed by atoms with Gasteiger partial charge in [-0.25, -0.2) is 4.98 Å². The summed E-state index contributed by atoms with van der Waals surface area (Å²) >= 11 is 1.64. The van der Waals surface area contributed by atoms with Gasteiger partial charge in [-0.15, -0.1) is 11.3 Å². The average molecular weight is 285 g/mol. The summed E-state index contributed by atoms with van der Waals surface area (Å²) in [6, 6.07) is 11.3. The second kappa shape index (κ2) is 5.13. The molecule has 4 heteroatoms. The summed E-state index contributed by atoms with van der Waals surface area (Å²) < 4.78 is 6.62. The minimum Gasteiger partial charge on any atom is -0.508 e. The predicted octanol–water partition coefficient (Wildman–Crippen LogP) is 4.38. The van der Waals surface area contributed by atoms with Gasteiger partial charge in [-0.3, -0.25) is 0 Å². The Morgan fingerprint density at radius 2 is 2.05 bits per heavy atom. The fraction of sp³-hybridized carbons (Fsp3) is 0.188. The Morgan fingerprint density at radius 3 is 2.80 bits per heavy atom. The van der Waals surface area contributed by atoms with Crippen molar-refractivity contribution in [2.45, 2.75) is 13.8 Å². The van der Waals surface area contributed by atoms with Crippen LogP contribution in [0.25, 0.3) is 20.8 Å². The molecule has 2 aromatic carbocycles. The molecule has 20 heavy (non-hydrogen) atoms. The molecule has 1 heterocycles. The summed E-state index contributed by atoms with van der Waals surface area (Å²) in [5, 5.41) is 10.5. The van der Waals surface area contributed by atoms with Gasteiger partial charge in [0.1, 0.15) is 16.5 Å². The van der Waals surface area contributed by atoms with Crippen LogP contribution in [0.15, 0.2) is 36.4 Å². The summed E-state index contributed by atoms with van der Waals surface area (Å²) in [6.07, 6.45) is 0. The van der Waals surface area contributed by atoms with Crippen LogP contribution in [0.4, 0.5) is 0 Å². The third-order valence-corrected chi connectivity index (χ3v) is 4.16. The molecule has 0 aliphatic rings. The predicted molar refractivity (Wildman–Crippen MR) is 82.6 cm³/mol. The zero-order chi connectivity index (χ0) is 14.1. The SMILES string of the molecule is CCOc1ccc2nc(-c3ccc(O)cc3C)sc2c1. The number of thiazole rings is 1. The number of aromatic nitrogens is 1. The first-order valence-corrected chi connectivity index (χ1v) is 7.32. The highest BCUT2D eigenvalue weighted by Crippen LogP contribution is 2.34. The van der Waals surface area contributed by atoms with Gasteiger partial charge in [0.15, 0.2) is 0 Å². The molecule has 3 rings (SSSR count). The van der Waals surface area contributed by atoms with E-state index in [4.69, 9.17) is 4.74 Å². The molecular formula is C16H15NO2S. The van der Waals surface area contributed by atoms with Crippen molar-refractivity contribution in [3.63, 3.8) is 0 Å². The maximum atomic E-state index is 9.49. The minimum absolute atomic E-state index is 0.283. The Morgan fingerprint density at radius 1 is 1.20 bits per heavy atom. The molecule has 0 aliphatic heterocycles. The number of nitrogens with zero attached hydrogens (tertiary/aromatic N) is 1. The first kappa shape index (κ1) is 12.9. The lowest BCUT2D eigenvalue weighted by Crippen LogP contribution is -1.89. The maximum absolute atomic E-state index is 9.49. The normalized spacial score (nSPS) is 10.9. The van der Waals surface area contributed by atoms with Crippen LogP contribution < -0.4 is 4.74 Å². The van der Waals surface area contributed by atoms with E-state index < -0.39 is 0 Å². The summed E-state index contributed by atoms with van der Waals surface area (Å²) in [6.45, 7) is 4.61. The van der Waals surface area contributed by atoms with Crippen molar-refractivity contribution in [2.24, 2.45) is 0 Å². The molecule has 0 saturated carbocycles. The van der Waals surface area contributed by atoms with E-state index in [-0.39, 0.29) is 5.75 Å². The molecule has 1 aromatic heterocycles. The van der Waals surface area contributed by atoms with Crippen molar-refractivity contribution in [2.75, 3.05) is 6.61 Å². The van der Waals surface area contributed by atoms with E-state index >= 15 is 0 Å². The molecule has 0 bridgehead atoms. The monoisotopic (exact) mass is 285 g/mol. The Labute approximate surface area is 121 Å². The van der Waals surface area contributed by atoms with E-state index in [9.17, 15) is 5.11 Å². The summed E-state index contributed by atoms with van der Waals surface area (Å²) in [5.74, 6) is 1.16. The first-order valence-electron chi connectivity index (χ1n) is 6.51. The number of rotatable bonds is 3. The smallest absolute Gasteiger partial charge is 0.124 e. The second-order valence-electron chi connectivity index (χ2n) is 4.58. The van der Waals surface area contributed by atoms with Crippen LogP contribution in [0.2, 0.25) is 0 Å². The quantitative estimate of drug-likeness (QED) is 0.776. The lowest BCUT2D eigenvalue weighted by Gasteiger charge is -2.01. The molecule has 0 unspecified atom stereocenters. The van der Waals surface area contributed by atoms with E-state index in [2.05, 4.69) is 4.98 Å². The molecule has 0 atom stereocenters. The fourth-order valence-corrected chi connectivity index (χ4v) is 3.25. The number of hydrogen-bond donors (Lipinski definition) is 1. The van der Waals surface area contributed by atoms with Crippen molar-refractivity contribution >= 4 is 21.6 Å². The van der Waals surface area contributed by atoms with Gasteiger partial charge in [0.2, 0.25) is 0 Å². The standard InChI is InChI=1S/C16H15NO2S/c1-3-19-12-5-7-14-15(9-12)20-16(17-14)13-6-4-11(18)8-10(13)2/h4-9,18H,3H2,1-2H3. The van der Waals surface area contributed by atoms with E-state index in [1.54, 1.807) is 23.5 Å². The topological polar surface area (TPSA) is 42.4 Å². The van der Waals surface area contributed by atoms with Gasteiger partial charge in [-0.1, -0.05) is 0 Å². The Hall–Kier alpha value is -2.07. The molecule has 0 radical (unpaired) electrons. The largest absolute Gasteiger partial charge is 0.508 e. The zero-order valence-electron chi connectivity index (χ0n) is 11.4. The number of phenolic OH excluding ortho intramolecular Hbond substituents is 1. The number of phenols is 1. The van der Waals surface area contributed by atoms with Gasteiger partial charge in [-0.2, -0.15) is 0 Å². The molecule has 0 saturated heterocycles. The highest BCUT2D eigenvalue weighted by Gasteiger charge is 2.10. The van der Waals surface area contributed by atoms with E-state index in [1.165, 1.54) is 0 Å². The lowest BCUT2D eigenvalue weighted by atomic mass is 10.1. The molecule has 3 aromatic rings. The highest BCUT2D eigenvalue weighted by molar-refractivity contribution is 7.21. The summed E-state index contributed by atoms with van der Waals surface area (Å²) in [5.41, 5.74) is 3.05. The minimum atomic E-state index is 0.283. The van der Waals surface area contributed by atoms with Gasteiger partial charge in [0, 0.05) is 5.56 Å². The van der Waals surface area contributed by atoms with Crippen molar-refractivity contribution in [1.29, 1.82) is 0 Å². The number of benzene rings is 2. The molecule has 102 valence electrons. The summed E-state index contributed by atoms with van der Waals surface area (Å²) in [7, 11) is 0. The lowest BCUT2D eigenvalue weighted by molar-refractivity contribution is 0.341. The van der Waals surface area contributed by atoms with Gasteiger partial charge in [-0.05, 0) is 55.8 Å². The van der Waals surface area contributed by atoms with Gasteiger partial charge in [0.25, 0.3) is 0 Å². The summed E-state index contributed by atoms with van der Waals surface area (Å²) in [4.78, 5) is 4.66. The number of aromatic hydroxyl groups is 1. The van der Waals surface area contributed by atoms with Gasteiger partial charge >= 0.3 is 0 Å². The molecule has 0 aliphatic carbocycles. The highest BCUT2D eigenvalue weighted by atomic mass is 32.1. The third kappa shape index (κ3) is 2.34. The van der Waals surface area contributed by atoms with Crippen molar-refractivity contribution in [3.05, 3.63) is 42.0 Å². The van der Waals surface area contributed by atoms with Crippen LogP contribution in [-0.2, 0) is 0 Å². The van der Waals surface area contributed by atoms with E-state index in [0.717, 1.165) is 32.1 Å². The first-order chi connectivity index (χ1) is 9.67. The Balaban J connectivity index is 2.08. The molecule has 0 amide bonds. The van der Waals surface area contributed by atoms with Crippen LogP contribution in [0, 0.1) is 6.92 Å². The van der Waals surface area contributed by atoms with E-state index in [1.807, 2.05) is 38.1 Å². The van der Waals surface area contributed by atoms with Crippen molar-refractivity contribution < 1.29 is 9.84 Å². The molecule has 0 spiro atoms. The third-order valence-electron chi connectivity index (χ3n) is 3.11. The number of aryl methyl sites for hydroxylation is 1. The molecule has 0 fully saturated rings. The van der Waals surface area contributed by atoms with Crippen molar-refractivity contribution in [1.82, 2.24) is 4.98 Å². The van der Waals surface area contributed by atoms with Crippen LogP contribution in [0.1, 0.15) is 12.5 Å². The van der Waals surface area contributed by atoms with Crippen LogP contribution in [0.5, 0.6) is 11.5 Å². The van der Waals surface area contributed by atoms with Gasteiger partial charge in [0.05, 0.1) is 16.8 Å². The molecule has 3 nitrogen and oxygen atoms in total. The fourth-order valence-electron chi connectivity index (χ4n) is 2.16. The van der Waals surface area contributed by atoms with Crippen LogP contribution in [-0.4, -0.2) is 16.7 Å². The Kier molecular flexibility index (Phi) is 3.32.